The maximum Gasteiger partial charge on any atom is 0.348 e. The molecule has 0 radical (unpaired) electrons. The van der Waals surface area contributed by atoms with Crippen molar-refractivity contribution in [3.8, 4) is 17.3 Å². The number of nitriles is 1. The van der Waals surface area contributed by atoms with Crippen LogP contribution >= 0.6 is 0 Å². The van der Waals surface area contributed by atoms with Crippen LogP contribution in [0.4, 0.5) is 0 Å². The van der Waals surface area contributed by atoms with Crippen molar-refractivity contribution >= 4 is 12.0 Å². The van der Waals surface area contributed by atoms with Crippen molar-refractivity contribution in [3.63, 3.8) is 0 Å². The fourth-order valence-corrected chi connectivity index (χ4v) is 2.62. The van der Waals surface area contributed by atoms with E-state index in [-0.39, 0.29) is 12.2 Å². The molecule has 3 aromatic rings. The lowest BCUT2D eigenvalue weighted by Crippen LogP contribution is -2.06. The smallest absolute Gasteiger partial charge is 0.348 e. The minimum atomic E-state index is -0.645. The molecule has 27 heavy (non-hydrogen) atoms. The van der Waals surface area contributed by atoms with Crippen LogP contribution in [0, 0.1) is 11.3 Å². The summed E-state index contributed by atoms with van der Waals surface area (Å²) in [5.74, 6) is -0.645. The second kappa shape index (κ2) is 8.59. The normalized spacial score (nSPS) is 11.0. The zero-order chi connectivity index (χ0) is 19.1. The highest BCUT2D eigenvalue weighted by molar-refractivity contribution is 5.98. The van der Waals surface area contributed by atoms with Crippen LogP contribution in [-0.2, 0) is 16.1 Å². The summed E-state index contributed by atoms with van der Waals surface area (Å²) in [4.78, 5) is 16.1. The number of benzene rings is 1. The number of nitrogens with zero attached hydrogens (tertiary/aromatic N) is 4. The molecule has 0 atom stereocenters. The van der Waals surface area contributed by atoms with Gasteiger partial charge in [0.15, 0.2) is 0 Å². The summed E-state index contributed by atoms with van der Waals surface area (Å²) >= 11 is 0. The van der Waals surface area contributed by atoms with Gasteiger partial charge in [-0.05, 0) is 30.7 Å². The second-order valence-corrected chi connectivity index (χ2v) is 5.75. The van der Waals surface area contributed by atoms with Crippen LogP contribution in [0.1, 0.15) is 18.1 Å². The number of aromatic nitrogens is 3. The average Bonchev–Trinajstić information content (AvgIpc) is 3.10. The van der Waals surface area contributed by atoms with Crippen LogP contribution in [-0.4, -0.2) is 27.3 Å². The van der Waals surface area contributed by atoms with E-state index in [1.54, 1.807) is 24.0 Å². The molecule has 2 heterocycles. The van der Waals surface area contributed by atoms with Gasteiger partial charge in [-0.2, -0.15) is 10.4 Å². The number of pyridine rings is 1. The van der Waals surface area contributed by atoms with Crippen LogP contribution < -0.4 is 0 Å². The van der Waals surface area contributed by atoms with E-state index >= 15 is 0 Å². The highest BCUT2D eigenvalue weighted by atomic mass is 16.5. The summed E-state index contributed by atoms with van der Waals surface area (Å²) in [5.41, 5.74) is 3.14. The number of hydrogen-bond donors (Lipinski definition) is 0. The molecule has 0 saturated carbocycles. The van der Waals surface area contributed by atoms with E-state index in [0.717, 1.165) is 11.1 Å². The molecule has 0 aliphatic carbocycles. The van der Waals surface area contributed by atoms with E-state index in [9.17, 15) is 10.1 Å². The quantitative estimate of drug-likeness (QED) is 0.383. The Kier molecular flexibility index (Phi) is 5.75. The molecule has 0 amide bonds. The first-order chi connectivity index (χ1) is 13.2. The summed E-state index contributed by atoms with van der Waals surface area (Å²) in [6.07, 6.45) is 6.70. The van der Waals surface area contributed by atoms with Crippen molar-refractivity contribution in [3.05, 3.63) is 77.8 Å². The van der Waals surface area contributed by atoms with Crippen molar-refractivity contribution in [2.45, 2.75) is 13.5 Å². The molecule has 0 unspecified atom stereocenters. The van der Waals surface area contributed by atoms with Crippen molar-refractivity contribution in [1.82, 2.24) is 14.8 Å². The molecule has 0 saturated heterocycles. The first kappa shape index (κ1) is 18.1. The molecule has 6 heteroatoms. The lowest BCUT2D eigenvalue weighted by molar-refractivity contribution is -0.137. The minimum absolute atomic E-state index is 0.0683. The Morgan fingerprint density at radius 3 is 2.74 bits per heavy atom. The van der Waals surface area contributed by atoms with Gasteiger partial charge in [-0.25, -0.2) is 4.79 Å². The molecule has 0 bridgehead atoms. The number of esters is 1. The Hall–Kier alpha value is -3.72. The van der Waals surface area contributed by atoms with Gasteiger partial charge >= 0.3 is 5.97 Å². The van der Waals surface area contributed by atoms with Crippen LogP contribution in [0.25, 0.3) is 17.3 Å². The van der Waals surface area contributed by atoms with E-state index in [4.69, 9.17) is 4.74 Å². The lowest BCUT2D eigenvalue weighted by atomic mass is 10.1. The van der Waals surface area contributed by atoms with Gasteiger partial charge in [-0.3, -0.25) is 9.67 Å². The Morgan fingerprint density at radius 2 is 2.07 bits per heavy atom. The Balaban J connectivity index is 2.03. The van der Waals surface area contributed by atoms with E-state index < -0.39 is 5.97 Å². The average molecular weight is 358 g/mol. The van der Waals surface area contributed by atoms with Gasteiger partial charge in [-0.1, -0.05) is 30.3 Å². The summed E-state index contributed by atoms with van der Waals surface area (Å²) in [6.45, 7) is 2.48. The molecule has 6 nitrogen and oxygen atoms in total. The predicted molar refractivity (Wildman–Crippen MR) is 101 cm³/mol. The molecular formula is C21H18N4O2. The molecule has 2 aromatic heterocycles. The second-order valence-electron chi connectivity index (χ2n) is 5.75. The third-order valence-corrected chi connectivity index (χ3v) is 3.83. The van der Waals surface area contributed by atoms with Gasteiger partial charge in [0.25, 0.3) is 0 Å². The number of carbonyl (C=O) groups excluding carboxylic acids is 1. The molecular weight excluding hydrogens is 340 g/mol. The van der Waals surface area contributed by atoms with Crippen LogP contribution in [0.3, 0.4) is 0 Å². The van der Waals surface area contributed by atoms with Gasteiger partial charge in [0.2, 0.25) is 0 Å². The Bertz CT molecular complexity index is 986. The van der Waals surface area contributed by atoms with E-state index in [2.05, 4.69) is 10.1 Å². The van der Waals surface area contributed by atoms with E-state index in [1.807, 2.05) is 54.7 Å². The van der Waals surface area contributed by atoms with Gasteiger partial charge in [0.1, 0.15) is 17.3 Å². The zero-order valence-electron chi connectivity index (χ0n) is 14.9. The van der Waals surface area contributed by atoms with Gasteiger partial charge < -0.3 is 4.74 Å². The number of rotatable bonds is 6. The van der Waals surface area contributed by atoms with Crippen molar-refractivity contribution in [1.29, 1.82) is 5.26 Å². The van der Waals surface area contributed by atoms with E-state index in [0.29, 0.717) is 17.8 Å². The van der Waals surface area contributed by atoms with Crippen molar-refractivity contribution < 1.29 is 9.53 Å². The fraction of sp³-hybridized carbons (Fsp3) is 0.143. The first-order valence-electron chi connectivity index (χ1n) is 8.52. The molecule has 134 valence electrons. The Morgan fingerprint density at radius 1 is 1.26 bits per heavy atom. The fourth-order valence-electron chi connectivity index (χ4n) is 2.62. The molecule has 3 rings (SSSR count). The van der Waals surface area contributed by atoms with Gasteiger partial charge in [0.05, 0.1) is 13.2 Å². The summed E-state index contributed by atoms with van der Waals surface area (Å²) in [5, 5.41) is 14.0. The number of hydrogen-bond acceptors (Lipinski definition) is 5. The SMILES string of the molecule is CCOC(=O)C(C#N)=Cc1cn(Cc2ccccc2)nc1-c1cccnc1. The summed E-state index contributed by atoms with van der Waals surface area (Å²) in [6, 6.07) is 15.5. The summed E-state index contributed by atoms with van der Waals surface area (Å²) < 4.78 is 6.73. The molecule has 1 aromatic carbocycles. The highest BCUT2D eigenvalue weighted by Crippen LogP contribution is 2.24. The lowest BCUT2D eigenvalue weighted by Gasteiger charge is -2.01. The largest absolute Gasteiger partial charge is 0.462 e. The Labute approximate surface area is 157 Å². The zero-order valence-corrected chi connectivity index (χ0v) is 14.9. The maximum atomic E-state index is 12.0. The predicted octanol–water partition coefficient (Wildman–Crippen LogP) is 3.46. The molecule has 0 spiro atoms. The number of ether oxygens (including phenoxy) is 1. The van der Waals surface area contributed by atoms with E-state index in [1.165, 1.54) is 6.08 Å². The number of carbonyl (C=O) groups is 1. The van der Waals surface area contributed by atoms with Crippen LogP contribution in [0.15, 0.2) is 66.6 Å². The third-order valence-electron chi connectivity index (χ3n) is 3.83. The summed E-state index contributed by atoms with van der Waals surface area (Å²) in [7, 11) is 0. The minimum Gasteiger partial charge on any atom is -0.462 e. The molecule has 0 aliphatic rings. The maximum absolute atomic E-state index is 12.0. The van der Waals surface area contributed by atoms with Crippen molar-refractivity contribution in [2.75, 3.05) is 6.61 Å². The standard InChI is InChI=1S/C21H18N4O2/c1-2-27-21(26)18(12-22)11-19-15-25(14-16-7-4-3-5-8-16)24-20(19)17-9-6-10-23-13-17/h3-11,13,15H,2,14H2,1H3. The molecule has 0 fully saturated rings. The molecule has 0 aliphatic heterocycles. The van der Waals surface area contributed by atoms with Crippen molar-refractivity contribution in [2.24, 2.45) is 0 Å². The first-order valence-corrected chi connectivity index (χ1v) is 8.52. The van der Waals surface area contributed by atoms with Gasteiger partial charge in [0, 0.05) is 29.7 Å². The topological polar surface area (TPSA) is 80.8 Å². The monoisotopic (exact) mass is 358 g/mol. The molecule has 0 N–H and O–H groups in total. The van der Waals surface area contributed by atoms with Crippen LogP contribution in [0.2, 0.25) is 0 Å². The highest BCUT2D eigenvalue weighted by Gasteiger charge is 2.15. The van der Waals surface area contributed by atoms with Gasteiger partial charge in [-0.15, -0.1) is 0 Å². The third kappa shape index (κ3) is 4.47. The van der Waals surface area contributed by atoms with Crippen LogP contribution in [0.5, 0.6) is 0 Å².